The minimum absolute atomic E-state index is 0.00198. The molecule has 21 heavy (non-hydrogen) atoms. The van der Waals surface area contributed by atoms with Crippen LogP contribution in [0.4, 0.5) is 18.9 Å². The number of halogens is 4. The van der Waals surface area contributed by atoms with Crippen molar-refractivity contribution in [2.75, 3.05) is 0 Å². The van der Waals surface area contributed by atoms with Crippen molar-refractivity contribution in [2.24, 2.45) is 0 Å². The van der Waals surface area contributed by atoms with Gasteiger partial charge in [-0.25, -0.2) is 4.98 Å². The molecule has 2 rings (SSSR count). The van der Waals surface area contributed by atoms with Gasteiger partial charge in [-0.2, -0.15) is 13.2 Å². The van der Waals surface area contributed by atoms with E-state index in [9.17, 15) is 23.3 Å². The summed E-state index contributed by atoms with van der Waals surface area (Å²) in [6, 6.07) is 5.37. The summed E-state index contributed by atoms with van der Waals surface area (Å²) >= 11 is 5.91. The maximum atomic E-state index is 12.5. The topological polar surface area (TPSA) is 56.0 Å². The van der Waals surface area contributed by atoms with E-state index in [1.54, 1.807) is 0 Å². The van der Waals surface area contributed by atoms with Crippen LogP contribution in [-0.2, 0) is 6.18 Å². The van der Waals surface area contributed by atoms with E-state index in [1.807, 2.05) is 0 Å². The highest BCUT2D eigenvalue weighted by atomic mass is 35.5. The SMILES string of the molecule is Cc1nc(Cl)c(-c2ccc(C(F)(F)F)cc2)cc1[N+](=O)[O-]. The molecule has 8 heteroatoms. The van der Waals surface area contributed by atoms with Gasteiger partial charge in [0.25, 0.3) is 5.69 Å². The van der Waals surface area contributed by atoms with Crippen LogP contribution >= 0.6 is 11.6 Å². The predicted molar refractivity (Wildman–Crippen MR) is 71.1 cm³/mol. The molecular formula is C13H8ClF3N2O2. The van der Waals surface area contributed by atoms with Gasteiger partial charge in [-0.3, -0.25) is 10.1 Å². The molecule has 0 radical (unpaired) electrons. The molecule has 0 amide bonds. The number of hydrogen-bond acceptors (Lipinski definition) is 3. The van der Waals surface area contributed by atoms with E-state index >= 15 is 0 Å². The zero-order valence-electron chi connectivity index (χ0n) is 10.6. The lowest BCUT2D eigenvalue weighted by molar-refractivity contribution is -0.385. The first-order valence-corrected chi connectivity index (χ1v) is 6.07. The third-order valence-electron chi connectivity index (χ3n) is 2.86. The quantitative estimate of drug-likeness (QED) is 0.461. The number of pyridine rings is 1. The van der Waals surface area contributed by atoms with Gasteiger partial charge in [-0.05, 0) is 24.6 Å². The predicted octanol–water partition coefficient (Wildman–Crippen LogP) is 4.64. The van der Waals surface area contributed by atoms with E-state index in [0.717, 1.165) is 12.1 Å². The highest BCUT2D eigenvalue weighted by molar-refractivity contribution is 6.32. The summed E-state index contributed by atoms with van der Waals surface area (Å²) in [6.45, 7) is 1.43. The van der Waals surface area contributed by atoms with E-state index in [1.165, 1.54) is 25.1 Å². The molecule has 0 fully saturated rings. The fourth-order valence-corrected chi connectivity index (χ4v) is 2.08. The molecule has 110 valence electrons. The van der Waals surface area contributed by atoms with Crippen molar-refractivity contribution >= 4 is 17.3 Å². The molecule has 1 aromatic heterocycles. The normalized spacial score (nSPS) is 11.5. The second-order valence-electron chi connectivity index (χ2n) is 4.26. The number of aryl methyl sites for hydroxylation is 1. The van der Waals surface area contributed by atoms with E-state index in [0.29, 0.717) is 5.56 Å². The van der Waals surface area contributed by atoms with Crippen molar-refractivity contribution in [3.8, 4) is 11.1 Å². The highest BCUT2D eigenvalue weighted by Gasteiger charge is 2.30. The molecular weight excluding hydrogens is 309 g/mol. The number of hydrogen-bond donors (Lipinski definition) is 0. The first-order valence-electron chi connectivity index (χ1n) is 5.69. The van der Waals surface area contributed by atoms with Crippen LogP contribution in [0.2, 0.25) is 5.15 Å². The Hall–Kier alpha value is -2.15. The second kappa shape index (κ2) is 5.33. The Morgan fingerprint density at radius 2 is 1.81 bits per heavy atom. The van der Waals surface area contributed by atoms with Crippen molar-refractivity contribution in [1.82, 2.24) is 4.98 Å². The van der Waals surface area contributed by atoms with Crippen molar-refractivity contribution in [1.29, 1.82) is 0 Å². The lowest BCUT2D eigenvalue weighted by Crippen LogP contribution is -2.04. The Balaban J connectivity index is 2.52. The van der Waals surface area contributed by atoms with Crippen LogP contribution in [0.25, 0.3) is 11.1 Å². The van der Waals surface area contributed by atoms with Gasteiger partial charge in [0.1, 0.15) is 10.8 Å². The van der Waals surface area contributed by atoms with Gasteiger partial charge in [0.2, 0.25) is 0 Å². The number of alkyl halides is 3. The van der Waals surface area contributed by atoms with E-state index in [2.05, 4.69) is 4.98 Å². The molecule has 0 unspecified atom stereocenters. The van der Waals surface area contributed by atoms with Crippen LogP contribution in [0.1, 0.15) is 11.3 Å². The first-order chi connectivity index (χ1) is 9.70. The van der Waals surface area contributed by atoms with Crippen molar-refractivity contribution in [2.45, 2.75) is 13.1 Å². The lowest BCUT2D eigenvalue weighted by atomic mass is 10.0. The maximum Gasteiger partial charge on any atom is 0.416 e. The summed E-state index contributed by atoms with van der Waals surface area (Å²) in [5, 5.41) is 10.9. The minimum atomic E-state index is -4.44. The molecule has 4 nitrogen and oxygen atoms in total. The summed E-state index contributed by atoms with van der Waals surface area (Å²) in [5.74, 6) is 0. The summed E-state index contributed by atoms with van der Waals surface area (Å²) in [6.07, 6.45) is -4.44. The Kier molecular flexibility index (Phi) is 3.87. The molecule has 0 spiro atoms. The molecule has 0 aliphatic heterocycles. The average molecular weight is 317 g/mol. The van der Waals surface area contributed by atoms with E-state index in [-0.39, 0.29) is 22.1 Å². The van der Waals surface area contributed by atoms with Crippen LogP contribution in [-0.4, -0.2) is 9.91 Å². The number of benzene rings is 1. The number of aromatic nitrogens is 1. The molecule has 0 saturated carbocycles. The average Bonchev–Trinajstić information content (AvgIpc) is 2.37. The van der Waals surface area contributed by atoms with Crippen LogP contribution in [0.3, 0.4) is 0 Å². The van der Waals surface area contributed by atoms with Gasteiger partial charge in [0, 0.05) is 11.6 Å². The first kappa shape index (κ1) is 15.2. The van der Waals surface area contributed by atoms with Gasteiger partial charge in [0.15, 0.2) is 0 Å². The molecule has 0 atom stereocenters. The van der Waals surface area contributed by atoms with Crippen LogP contribution in [0.5, 0.6) is 0 Å². The molecule has 1 heterocycles. The molecule has 2 aromatic rings. The molecule has 1 aromatic carbocycles. The molecule has 0 aliphatic carbocycles. The van der Waals surface area contributed by atoms with E-state index in [4.69, 9.17) is 11.6 Å². The summed E-state index contributed by atoms with van der Waals surface area (Å²) in [5.41, 5.74) is -0.377. The molecule has 0 bridgehead atoms. The fraction of sp³-hybridized carbons (Fsp3) is 0.154. The zero-order valence-corrected chi connectivity index (χ0v) is 11.4. The Morgan fingerprint density at radius 3 is 2.29 bits per heavy atom. The standard InChI is InChI=1S/C13H8ClF3N2O2/c1-7-11(19(20)21)6-10(12(14)18-7)8-2-4-9(5-3-8)13(15,16)17/h2-6H,1H3. The van der Waals surface area contributed by atoms with Crippen LogP contribution in [0, 0.1) is 17.0 Å². The fourth-order valence-electron chi connectivity index (χ4n) is 1.79. The smallest absolute Gasteiger partial charge is 0.258 e. The van der Waals surface area contributed by atoms with Gasteiger partial charge in [0.05, 0.1) is 10.5 Å². The van der Waals surface area contributed by atoms with Gasteiger partial charge in [-0.1, -0.05) is 23.7 Å². The van der Waals surface area contributed by atoms with Crippen LogP contribution in [0.15, 0.2) is 30.3 Å². The molecule has 0 saturated heterocycles. The van der Waals surface area contributed by atoms with E-state index < -0.39 is 16.7 Å². The van der Waals surface area contributed by atoms with Gasteiger partial charge < -0.3 is 0 Å². The number of nitrogens with zero attached hydrogens (tertiary/aromatic N) is 2. The van der Waals surface area contributed by atoms with Crippen molar-refractivity contribution in [3.63, 3.8) is 0 Å². The number of rotatable bonds is 2. The van der Waals surface area contributed by atoms with Crippen molar-refractivity contribution in [3.05, 3.63) is 56.9 Å². The van der Waals surface area contributed by atoms with Gasteiger partial charge >= 0.3 is 6.18 Å². The monoisotopic (exact) mass is 316 g/mol. The minimum Gasteiger partial charge on any atom is -0.258 e. The maximum absolute atomic E-state index is 12.5. The summed E-state index contributed by atoms with van der Waals surface area (Å²) in [4.78, 5) is 14.1. The Labute approximate surface area is 122 Å². The Bertz CT molecular complexity index is 700. The van der Waals surface area contributed by atoms with Crippen molar-refractivity contribution < 1.29 is 18.1 Å². The largest absolute Gasteiger partial charge is 0.416 e. The second-order valence-corrected chi connectivity index (χ2v) is 4.62. The third kappa shape index (κ3) is 3.13. The molecule has 0 aliphatic rings. The lowest BCUT2D eigenvalue weighted by Gasteiger charge is -2.09. The highest BCUT2D eigenvalue weighted by Crippen LogP contribution is 2.34. The van der Waals surface area contributed by atoms with Crippen LogP contribution < -0.4 is 0 Å². The summed E-state index contributed by atoms with van der Waals surface area (Å²) in [7, 11) is 0. The molecule has 0 N–H and O–H groups in total. The number of nitro groups is 1. The van der Waals surface area contributed by atoms with Gasteiger partial charge in [-0.15, -0.1) is 0 Å². The Morgan fingerprint density at radius 1 is 1.24 bits per heavy atom. The summed E-state index contributed by atoms with van der Waals surface area (Å²) < 4.78 is 37.5. The zero-order chi connectivity index (χ0) is 15.8. The third-order valence-corrected chi connectivity index (χ3v) is 3.15.